The standard InChI is InChI=1S/C14H19ClFN3O/c15-11-5-4-10(6-12(11)16)13(20)8-19-14(17)18-7-9-2-1-3-9/h4-6,9,13,20H,1-3,7-8H2,(H3,17,18,19). The highest BCUT2D eigenvalue weighted by Crippen LogP contribution is 2.25. The Morgan fingerprint density at radius 3 is 2.90 bits per heavy atom. The summed E-state index contributed by atoms with van der Waals surface area (Å²) in [6.07, 6.45) is 2.84. The van der Waals surface area contributed by atoms with Crippen molar-refractivity contribution < 1.29 is 9.50 Å². The summed E-state index contributed by atoms with van der Waals surface area (Å²) in [5.74, 6) is 0.438. The third-order valence-electron chi connectivity index (χ3n) is 3.56. The minimum atomic E-state index is -0.897. The average Bonchev–Trinajstić information content (AvgIpc) is 2.37. The molecule has 110 valence electrons. The van der Waals surface area contributed by atoms with Crippen molar-refractivity contribution in [2.24, 2.45) is 16.6 Å². The Bertz CT molecular complexity index is 491. The Labute approximate surface area is 122 Å². The maximum atomic E-state index is 13.3. The van der Waals surface area contributed by atoms with E-state index in [-0.39, 0.29) is 11.6 Å². The molecule has 1 aliphatic carbocycles. The van der Waals surface area contributed by atoms with Gasteiger partial charge in [0.2, 0.25) is 0 Å². The number of hydrogen-bond acceptors (Lipinski definition) is 2. The molecule has 20 heavy (non-hydrogen) atoms. The van der Waals surface area contributed by atoms with Crippen LogP contribution in [0.3, 0.4) is 0 Å². The van der Waals surface area contributed by atoms with Crippen molar-refractivity contribution in [3.8, 4) is 0 Å². The van der Waals surface area contributed by atoms with E-state index in [0.29, 0.717) is 17.4 Å². The molecule has 0 spiro atoms. The summed E-state index contributed by atoms with van der Waals surface area (Å²) in [5, 5.41) is 13.0. The van der Waals surface area contributed by atoms with E-state index in [9.17, 15) is 9.50 Å². The number of benzene rings is 1. The van der Waals surface area contributed by atoms with Crippen LogP contribution >= 0.6 is 11.6 Å². The number of nitrogens with two attached hydrogens (primary N) is 1. The highest BCUT2D eigenvalue weighted by atomic mass is 35.5. The summed E-state index contributed by atoms with van der Waals surface area (Å²) >= 11 is 5.59. The Morgan fingerprint density at radius 2 is 2.30 bits per heavy atom. The van der Waals surface area contributed by atoms with Crippen LogP contribution in [-0.4, -0.2) is 24.2 Å². The summed E-state index contributed by atoms with van der Waals surface area (Å²) in [5.41, 5.74) is 6.15. The fraction of sp³-hybridized carbons (Fsp3) is 0.500. The van der Waals surface area contributed by atoms with E-state index in [1.807, 2.05) is 0 Å². The van der Waals surface area contributed by atoms with Crippen LogP contribution in [0, 0.1) is 11.7 Å². The molecule has 0 aliphatic heterocycles. The first-order valence-electron chi connectivity index (χ1n) is 6.73. The fourth-order valence-corrected chi connectivity index (χ4v) is 2.13. The molecular weight excluding hydrogens is 281 g/mol. The maximum Gasteiger partial charge on any atom is 0.188 e. The first-order chi connectivity index (χ1) is 9.56. The zero-order chi connectivity index (χ0) is 14.5. The molecule has 1 unspecified atom stereocenters. The lowest BCUT2D eigenvalue weighted by Gasteiger charge is -2.25. The van der Waals surface area contributed by atoms with E-state index >= 15 is 0 Å². The molecule has 0 bridgehead atoms. The minimum absolute atomic E-state index is 0.0335. The average molecular weight is 300 g/mol. The van der Waals surface area contributed by atoms with Gasteiger partial charge >= 0.3 is 0 Å². The molecule has 0 amide bonds. The summed E-state index contributed by atoms with van der Waals surface area (Å²) in [6.45, 7) is 0.908. The quantitative estimate of drug-likeness (QED) is 0.577. The second-order valence-corrected chi connectivity index (χ2v) is 5.50. The Balaban J connectivity index is 1.83. The zero-order valence-electron chi connectivity index (χ0n) is 11.1. The molecule has 0 aromatic heterocycles. The molecule has 1 saturated carbocycles. The van der Waals surface area contributed by atoms with E-state index in [1.165, 1.54) is 31.4 Å². The van der Waals surface area contributed by atoms with Crippen molar-refractivity contribution in [3.05, 3.63) is 34.6 Å². The predicted octanol–water partition coefficient (Wildman–Crippen LogP) is 2.22. The van der Waals surface area contributed by atoms with Gasteiger partial charge < -0.3 is 16.2 Å². The molecule has 1 fully saturated rings. The van der Waals surface area contributed by atoms with Crippen molar-refractivity contribution in [2.75, 3.05) is 13.1 Å². The number of hydrogen-bond donors (Lipinski definition) is 3. The first kappa shape index (κ1) is 15.1. The molecule has 0 saturated heterocycles. The number of halogens is 2. The number of aliphatic hydroxyl groups excluding tert-OH is 1. The van der Waals surface area contributed by atoms with E-state index in [1.54, 1.807) is 6.07 Å². The highest BCUT2D eigenvalue weighted by molar-refractivity contribution is 6.30. The number of nitrogens with zero attached hydrogens (tertiary/aromatic N) is 1. The third kappa shape index (κ3) is 4.08. The molecule has 4 nitrogen and oxygen atoms in total. The van der Waals surface area contributed by atoms with Gasteiger partial charge in [0.25, 0.3) is 0 Å². The van der Waals surface area contributed by atoms with Crippen molar-refractivity contribution in [2.45, 2.75) is 25.4 Å². The second kappa shape index (κ2) is 6.90. The molecule has 0 radical (unpaired) electrons. The molecular formula is C14H19ClFN3O. The van der Waals surface area contributed by atoms with Gasteiger partial charge in [-0.3, -0.25) is 4.99 Å². The summed E-state index contributed by atoms with van der Waals surface area (Å²) < 4.78 is 13.3. The van der Waals surface area contributed by atoms with Gasteiger partial charge in [-0.05, 0) is 36.5 Å². The second-order valence-electron chi connectivity index (χ2n) is 5.09. The number of guanidine groups is 1. The van der Waals surface area contributed by atoms with Crippen molar-refractivity contribution in [3.63, 3.8) is 0 Å². The lowest BCUT2D eigenvalue weighted by atomic mass is 9.85. The van der Waals surface area contributed by atoms with Crippen LogP contribution in [0.15, 0.2) is 23.2 Å². The molecule has 4 N–H and O–H groups in total. The van der Waals surface area contributed by atoms with Crippen LogP contribution in [0.2, 0.25) is 5.02 Å². The van der Waals surface area contributed by atoms with Gasteiger partial charge in [-0.15, -0.1) is 0 Å². The monoisotopic (exact) mass is 299 g/mol. The van der Waals surface area contributed by atoms with E-state index < -0.39 is 11.9 Å². The first-order valence-corrected chi connectivity index (χ1v) is 7.11. The SMILES string of the molecule is NC(=NCC(O)c1ccc(Cl)c(F)c1)NCC1CCC1. The van der Waals surface area contributed by atoms with E-state index in [2.05, 4.69) is 10.3 Å². The topological polar surface area (TPSA) is 70.6 Å². The molecule has 1 aromatic rings. The van der Waals surface area contributed by atoms with Gasteiger partial charge in [0.15, 0.2) is 5.96 Å². The van der Waals surface area contributed by atoms with Crippen molar-refractivity contribution in [1.29, 1.82) is 0 Å². The highest BCUT2D eigenvalue weighted by Gasteiger charge is 2.17. The molecule has 2 rings (SSSR count). The minimum Gasteiger partial charge on any atom is -0.386 e. The number of nitrogens with one attached hydrogen (secondary N) is 1. The van der Waals surface area contributed by atoms with Gasteiger partial charge in [-0.2, -0.15) is 0 Å². The Morgan fingerprint density at radius 1 is 1.55 bits per heavy atom. The third-order valence-corrected chi connectivity index (χ3v) is 3.87. The smallest absolute Gasteiger partial charge is 0.188 e. The Kier molecular flexibility index (Phi) is 5.20. The molecule has 1 aromatic carbocycles. The van der Waals surface area contributed by atoms with E-state index in [4.69, 9.17) is 17.3 Å². The molecule has 1 aliphatic rings. The van der Waals surface area contributed by atoms with Crippen LogP contribution in [0.5, 0.6) is 0 Å². The lowest BCUT2D eigenvalue weighted by Crippen LogP contribution is -2.37. The van der Waals surface area contributed by atoms with Crippen LogP contribution in [0.4, 0.5) is 4.39 Å². The zero-order valence-corrected chi connectivity index (χ0v) is 11.9. The lowest BCUT2D eigenvalue weighted by molar-refractivity contribution is 0.186. The van der Waals surface area contributed by atoms with Crippen molar-refractivity contribution in [1.82, 2.24) is 5.32 Å². The van der Waals surface area contributed by atoms with Gasteiger partial charge in [0.05, 0.1) is 17.7 Å². The summed E-state index contributed by atoms with van der Waals surface area (Å²) in [7, 11) is 0. The number of rotatable bonds is 5. The van der Waals surface area contributed by atoms with Gasteiger partial charge in [0, 0.05) is 6.54 Å². The summed E-state index contributed by atoms with van der Waals surface area (Å²) in [6, 6.07) is 4.20. The predicted molar refractivity (Wildman–Crippen MR) is 78.2 cm³/mol. The molecule has 6 heteroatoms. The van der Waals surface area contributed by atoms with Gasteiger partial charge in [0.1, 0.15) is 5.82 Å². The number of aliphatic imine (C=N–C) groups is 1. The van der Waals surface area contributed by atoms with E-state index in [0.717, 1.165) is 6.54 Å². The van der Waals surface area contributed by atoms with Gasteiger partial charge in [-0.1, -0.05) is 24.1 Å². The van der Waals surface area contributed by atoms with Crippen LogP contribution in [-0.2, 0) is 0 Å². The maximum absolute atomic E-state index is 13.3. The molecule has 1 atom stereocenters. The largest absolute Gasteiger partial charge is 0.386 e. The fourth-order valence-electron chi connectivity index (χ4n) is 2.01. The van der Waals surface area contributed by atoms with Gasteiger partial charge in [-0.25, -0.2) is 4.39 Å². The van der Waals surface area contributed by atoms with Crippen LogP contribution in [0.1, 0.15) is 30.9 Å². The summed E-state index contributed by atoms with van der Waals surface area (Å²) in [4.78, 5) is 4.06. The normalized spacial score (nSPS) is 17.6. The Hall–Kier alpha value is -1.33. The van der Waals surface area contributed by atoms with Crippen LogP contribution in [0.25, 0.3) is 0 Å². The van der Waals surface area contributed by atoms with Crippen molar-refractivity contribution >= 4 is 17.6 Å². The number of aliphatic hydroxyl groups is 1. The van der Waals surface area contributed by atoms with Crippen LogP contribution < -0.4 is 11.1 Å². The molecule has 0 heterocycles.